The summed E-state index contributed by atoms with van der Waals surface area (Å²) >= 11 is 0. The Bertz CT molecular complexity index is 1660. The maximum atomic E-state index is 13.6. The van der Waals surface area contributed by atoms with Crippen LogP contribution in [0.3, 0.4) is 0 Å². The zero-order valence-corrected chi connectivity index (χ0v) is 23.7. The molecule has 0 aliphatic rings. The molecule has 0 aliphatic heterocycles. The minimum absolute atomic E-state index is 0.126. The van der Waals surface area contributed by atoms with Crippen LogP contribution in [0.2, 0.25) is 0 Å². The van der Waals surface area contributed by atoms with Crippen molar-refractivity contribution in [3.8, 4) is 28.4 Å². The number of pyridine rings is 1. The standard InChI is InChI=1S/C30H30F3N5O4/c1-6-41-27(39)8-7-13-42-26-16-20(15-24(36-26)30(31,32)33)21-11-12-25-34-23(17-38(25)37-21)19-10-9-18(2)22(14-19)35-28(40)29(3,4)5/h7-12,14-17H,6,13H2,1-5H3,(H,35,40). The van der Waals surface area contributed by atoms with Gasteiger partial charge in [-0.25, -0.2) is 19.3 Å². The van der Waals surface area contributed by atoms with Gasteiger partial charge in [0.25, 0.3) is 0 Å². The van der Waals surface area contributed by atoms with Gasteiger partial charge >= 0.3 is 12.1 Å². The summed E-state index contributed by atoms with van der Waals surface area (Å²) in [5, 5.41) is 7.43. The first kappa shape index (κ1) is 30.2. The monoisotopic (exact) mass is 581 g/mol. The second-order valence-corrected chi connectivity index (χ2v) is 10.4. The van der Waals surface area contributed by atoms with Gasteiger partial charge in [0, 0.05) is 34.4 Å². The predicted octanol–water partition coefficient (Wildman–Crippen LogP) is 6.27. The lowest BCUT2D eigenvalue weighted by Crippen LogP contribution is -2.27. The highest BCUT2D eigenvalue weighted by Crippen LogP contribution is 2.33. The van der Waals surface area contributed by atoms with Gasteiger partial charge in [-0.3, -0.25) is 4.79 Å². The molecular formula is C30H30F3N5O4. The number of rotatable bonds is 8. The number of nitrogens with one attached hydrogen (secondary N) is 1. The summed E-state index contributed by atoms with van der Waals surface area (Å²) in [6.07, 6.45) is -0.628. The second kappa shape index (κ2) is 12.0. The van der Waals surface area contributed by atoms with Crippen LogP contribution in [0, 0.1) is 12.3 Å². The SMILES string of the molecule is CCOC(=O)C=CCOc1cc(-c2ccc3nc(-c4ccc(C)c(NC(=O)C(C)(C)C)c4)cn3n2)cc(C(F)(F)F)n1. The van der Waals surface area contributed by atoms with E-state index in [2.05, 4.69) is 20.4 Å². The summed E-state index contributed by atoms with van der Waals surface area (Å²) in [4.78, 5) is 32.1. The highest BCUT2D eigenvalue weighted by molar-refractivity contribution is 5.95. The number of aromatic nitrogens is 4. The van der Waals surface area contributed by atoms with Gasteiger partial charge in [0.1, 0.15) is 12.3 Å². The van der Waals surface area contributed by atoms with E-state index in [4.69, 9.17) is 9.47 Å². The van der Waals surface area contributed by atoms with E-state index in [1.165, 1.54) is 16.7 Å². The maximum Gasteiger partial charge on any atom is 0.433 e. The Kier molecular flexibility index (Phi) is 8.64. The third-order valence-corrected chi connectivity index (χ3v) is 6.04. The first-order chi connectivity index (χ1) is 19.7. The molecule has 0 atom stereocenters. The quantitative estimate of drug-likeness (QED) is 0.193. The van der Waals surface area contributed by atoms with Crippen LogP contribution in [0.1, 0.15) is 39.0 Å². The van der Waals surface area contributed by atoms with Crippen LogP contribution in [0.25, 0.3) is 28.2 Å². The van der Waals surface area contributed by atoms with Crippen molar-refractivity contribution in [2.24, 2.45) is 5.41 Å². The molecule has 0 saturated heterocycles. The second-order valence-electron chi connectivity index (χ2n) is 10.4. The van der Waals surface area contributed by atoms with E-state index in [-0.39, 0.29) is 36.3 Å². The fourth-order valence-corrected chi connectivity index (χ4v) is 3.74. The van der Waals surface area contributed by atoms with Crippen molar-refractivity contribution in [1.82, 2.24) is 19.6 Å². The number of anilines is 1. The topological polar surface area (TPSA) is 108 Å². The molecular weight excluding hydrogens is 551 g/mol. The number of imidazole rings is 1. The number of hydrogen-bond donors (Lipinski definition) is 1. The molecule has 0 unspecified atom stereocenters. The Balaban J connectivity index is 1.64. The lowest BCUT2D eigenvalue weighted by atomic mass is 9.95. The van der Waals surface area contributed by atoms with Crippen LogP contribution in [-0.4, -0.2) is 44.7 Å². The van der Waals surface area contributed by atoms with Gasteiger partial charge in [-0.05, 0) is 49.8 Å². The summed E-state index contributed by atoms with van der Waals surface area (Å²) in [6, 6.07) is 11.0. The van der Waals surface area contributed by atoms with Crippen molar-refractivity contribution in [3.05, 3.63) is 72.1 Å². The fourth-order valence-electron chi connectivity index (χ4n) is 3.74. The molecule has 4 rings (SSSR count). The molecule has 3 aromatic heterocycles. The number of alkyl halides is 3. The van der Waals surface area contributed by atoms with Crippen LogP contribution in [0.5, 0.6) is 5.88 Å². The molecule has 0 bridgehead atoms. The first-order valence-electron chi connectivity index (χ1n) is 13.1. The van der Waals surface area contributed by atoms with Gasteiger partial charge in [0.15, 0.2) is 5.65 Å². The zero-order chi connectivity index (χ0) is 30.7. The van der Waals surface area contributed by atoms with Crippen molar-refractivity contribution >= 4 is 23.2 Å². The molecule has 0 radical (unpaired) electrons. The van der Waals surface area contributed by atoms with E-state index >= 15 is 0 Å². The molecule has 4 aromatic rings. The molecule has 42 heavy (non-hydrogen) atoms. The normalized spacial score (nSPS) is 12.1. The average Bonchev–Trinajstić information content (AvgIpc) is 3.35. The molecule has 0 spiro atoms. The molecule has 3 heterocycles. The molecule has 1 N–H and O–H groups in total. The van der Waals surface area contributed by atoms with Gasteiger partial charge in [0.2, 0.25) is 11.8 Å². The first-order valence-corrected chi connectivity index (χ1v) is 13.1. The summed E-state index contributed by atoms with van der Waals surface area (Å²) in [5.41, 5.74) is 1.93. The zero-order valence-electron chi connectivity index (χ0n) is 23.7. The molecule has 0 saturated carbocycles. The lowest BCUT2D eigenvalue weighted by Gasteiger charge is -2.19. The van der Waals surface area contributed by atoms with Crippen LogP contribution in [0.15, 0.2) is 60.8 Å². The van der Waals surface area contributed by atoms with Crippen molar-refractivity contribution in [3.63, 3.8) is 0 Å². The smallest absolute Gasteiger partial charge is 0.433 e. The van der Waals surface area contributed by atoms with E-state index in [0.29, 0.717) is 17.0 Å². The Labute approximate surface area is 240 Å². The van der Waals surface area contributed by atoms with Crippen LogP contribution in [-0.2, 0) is 20.5 Å². The minimum Gasteiger partial charge on any atom is -0.473 e. The highest BCUT2D eigenvalue weighted by atomic mass is 19.4. The lowest BCUT2D eigenvalue weighted by molar-refractivity contribution is -0.141. The summed E-state index contributed by atoms with van der Waals surface area (Å²) < 4.78 is 52.5. The molecule has 1 aromatic carbocycles. The number of ether oxygens (including phenoxy) is 2. The third-order valence-electron chi connectivity index (χ3n) is 6.04. The summed E-state index contributed by atoms with van der Waals surface area (Å²) in [5.74, 6) is -1.00. The third kappa shape index (κ3) is 7.31. The minimum atomic E-state index is -4.73. The summed E-state index contributed by atoms with van der Waals surface area (Å²) in [6.45, 7) is 9.01. The van der Waals surface area contributed by atoms with Crippen LogP contribution < -0.4 is 10.1 Å². The highest BCUT2D eigenvalue weighted by Gasteiger charge is 2.34. The number of aryl methyl sites for hydroxylation is 1. The maximum absolute atomic E-state index is 13.6. The number of carbonyl (C=O) groups excluding carboxylic acids is 2. The van der Waals surface area contributed by atoms with E-state index in [1.807, 2.05) is 45.9 Å². The number of nitrogens with zero attached hydrogens (tertiary/aromatic N) is 4. The fraction of sp³-hybridized carbons (Fsp3) is 0.300. The predicted molar refractivity (Wildman–Crippen MR) is 151 cm³/mol. The Hall–Kier alpha value is -4.74. The van der Waals surface area contributed by atoms with Crippen LogP contribution in [0.4, 0.5) is 18.9 Å². The van der Waals surface area contributed by atoms with Crippen LogP contribution >= 0.6 is 0 Å². The number of carbonyl (C=O) groups is 2. The van der Waals surface area contributed by atoms with Crippen molar-refractivity contribution < 1.29 is 32.2 Å². The Morgan fingerprint density at radius 1 is 1.00 bits per heavy atom. The molecule has 9 nitrogen and oxygen atoms in total. The van der Waals surface area contributed by atoms with Gasteiger partial charge in [-0.1, -0.05) is 32.9 Å². The van der Waals surface area contributed by atoms with Gasteiger partial charge in [0.05, 0.1) is 24.2 Å². The molecule has 0 fully saturated rings. The van der Waals surface area contributed by atoms with Gasteiger partial charge in [-0.15, -0.1) is 0 Å². The molecule has 0 aliphatic carbocycles. The van der Waals surface area contributed by atoms with E-state index in [9.17, 15) is 22.8 Å². The molecule has 1 amide bonds. The average molecular weight is 582 g/mol. The van der Waals surface area contributed by atoms with Crippen molar-refractivity contribution in [1.29, 1.82) is 0 Å². The number of amides is 1. The Morgan fingerprint density at radius 2 is 1.76 bits per heavy atom. The van der Waals surface area contributed by atoms with E-state index in [1.54, 1.807) is 25.3 Å². The molecule has 12 heteroatoms. The number of benzene rings is 1. The van der Waals surface area contributed by atoms with Gasteiger partial charge < -0.3 is 14.8 Å². The Morgan fingerprint density at radius 3 is 2.45 bits per heavy atom. The van der Waals surface area contributed by atoms with Crippen molar-refractivity contribution in [2.45, 2.75) is 40.8 Å². The number of hydrogen-bond acceptors (Lipinski definition) is 7. The number of halogens is 3. The number of fused-ring (bicyclic) bond motifs is 1. The van der Waals surface area contributed by atoms with Gasteiger partial charge in [-0.2, -0.15) is 18.3 Å². The van der Waals surface area contributed by atoms with Crippen molar-refractivity contribution in [2.75, 3.05) is 18.5 Å². The summed E-state index contributed by atoms with van der Waals surface area (Å²) in [7, 11) is 0. The van der Waals surface area contributed by atoms with E-state index < -0.39 is 23.3 Å². The molecule has 220 valence electrons. The largest absolute Gasteiger partial charge is 0.473 e. The number of esters is 1. The van der Waals surface area contributed by atoms with E-state index in [0.717, 1.165) is 23.3 Å².